The van der Waals surface area contributed by atoms with Gasteiger partial charge in [0.2, 0.25) is 0 Å². The van der Waals surface area contributed by atoms with Gasteiger partial charge in [-0.25, -0.2) is 4.98 Å². The molecule has 0 radical (unpaired) electrons. The Hall–Kier alpha value is -1.49. The minimum absolute atomic E-state index is 0.723. The molecule has 1 N–H and O–H groups in total. The third kappa shape index (κ3) is 2.92. The van der Waals surface area contributed by atoms with E-state index < -0.39 is 0 Å². The van der Waals surface area contributed by atoms with E-state index in [1.165, 1.54) is 22.3 Å². The molecule has 3 aromatic rings. The highest BCUT2D eigenvalue weighted by atomic mass is 35.5. The number of rotatable bonds is 4. The maximum absolute atomic E-state index is 5.85. The number of benzene rings is 1. The summed E-state index contributed by atoms with van der Waals surface area (Å²) in [5.74, 6) is 0. The van der Waals surface area contributed by atoms with Crippen molar-refractivity contribution in [1.29, 1.82) is 0 Å². The van der Waals surface area contributed by atoms with Gasteiger partial charge in [0.15, 0.2) is 0 Å². The van der Waals surface area contributed by atoms with Gasteiger partial charge in [-0.15, -0.1) is 11.3 Å². The maximum Gasteiger partial charge on any atom is 0.113 e. The van der Waals surface area contributed by atoms with Crippen LogP contribution in [0.5, 0.6) is 0 Å². The number of hydrogen-bond donors (Lipinski definition) is 1. The third-order valence-electron chi connectivity index (χ3n) is 2.83. The van der Waals surface area contributed by atoms with E-state index in [1.54, 1.807) is 6.20 Å². The molecule has 0 unspecified atom stereocenters. The molecular formula is C14H12ClN3S. The second kappa shape index (κ2) is 5.65. The lowest BCUT2D eigenvalue weighted by molar-refractivity contribution is 0.692. The zero-order chi connectivity index (χ0) is 13.1. The van der Waals surface area contributed by atoms with E-state index in [9.17, 15) is 0 Å². The van der Waals surface area contributed by atoms with Crippen LogP contribution in [0.25, 0.3) is 10.9 Å². The summed E-state index contributed by atoms with van der Waals surface area (Å²) in [7, 11) is 0. The van der Waals surface area contributed by atoms with Crippen molar-refractivity contribution in [1.82, 2.24) is 15.3 Å². The normalized spacial score (nSPS) is 11.0. The zero-order valence-electron chi connectivity index (χ0n) is 10.1. The summed E-state index contributed by atoms with van der Waals surface area (Å²) in [4.78, 5) is 8.65. The molecule has 19 heavy (non-hydrogen) atoms. The molecule has 0 aliphatic heterocycles. The van der Waals surface area contributed by atoms with Crippen LogP contribution in [-0.4, -0.2) is 9.97 Å². The van der Waals surface area contributed by atoms with Gasteiger partial charge in [0, 0.05) is 24.7 Å². The summed E-state index contributed by atoms with van der Waals surface area (Å²) in [6.45, 7) is 1.49. The van der Waals surface area contributed by atoms with Gasteiger partial charge in [-0.3, -0.25) is 4.98 Å². The van der Waals surface area contributed by atoms with Gasteiger partial charge in [-0.2, -0.15) is 0 Å². The van der Waals surface area contributed by atoms with Crippen molar-refractivity contribution in [2.75, 3.05) is 0 Å². The summed E-state index contributed by atoms with van der Waals surface area (Å²) < 4.78 is 0.726. The number of halogens is 1. The van der Waals surface area contributed by atoms with E-state index in [1.807, 2.05) is 12.3 Å². The van der Waals surface area contributed by atoms with Crippen LogP contribution in [0, 0.1) is 0 Å². The van der Waals surface area contributed by atoms with Crippen LogP contribution in [0.4, 0.5) is 0 Å². The number of fused-ring (bicyclic) bond motifs is 1. The molecule has 0 saturated heterocycles. The Morgan fingerprint density at radius 2 is 2.00 bits per heavy atom. The molecule has 1 aromatic carbocycles. The van der Waals surface area contributed by atoms with Gasteiger partial charge in [0.05, 0.1) is 11.7 Å². The van der Waals surface area contributed by atoms with Gasteiger partial charge < -0.3 is 5.32 Å². The second-order valence-corrected chi connectivity index (χ2v) is 5.90. The number of nitrogens with zero attached hydrogens (tertiary/aromatic N) is 2. The van der Waals surface area contributed by atoms with Crippen LogP contribution in [0.3, 0.4) is 0 Å². The number of para-hydroxylation sites is 1. The highest BCUT2D eigenvalue weighted by molar-refractivity contribution is 7.15. The van der Waals surface area contributed by atoms with Crippen molar-refractivity contribution < 1.29 is 0 Å². The highest BCUT2D eigenvalue weighted by Gasteiger charge is 2.03. The van der Waals surface area contributed by atoms with Crippen molar-refractivity contribution >= 4 is 33.8 Å². The molecule has 3 nitrogen and oxygen atoms in total. The van der Waals surface area contributed by atoms with Crippen LogP contribution >= 0.6 is 22.9 Å². The molecule has 0 fully saturated rings. The van der Waals surface area contributed by atoms with Crippen LogP contribution in [0.2, 0.25) is 4.34 Å². The predicted octanol–water partition coefficient (Wildman–Crippen LogP) is 3.63. The number of aromatic nitrogens is 2. The minimum atomic E-state index is 0.723. The molecule has 0 aliphatic rings. The fourth-order valence-electron chi connectivity index (χ4n) is 1.98. The number of nitrogens with one attached hydrogen (secondary N) is 1. The Bertz CT molecular complexity index is 690. The van der Waals surface area contributed by atoms with E-state index in [0.29, 0.717) is 0 Å². The van der Waals surface area contributed by atoms with Gasteiger partial charge in [-0.1, -0.05) is 35.9 Å². The topological polar surface area (TPSA) is 37.8 Å². The highest BCUT2D eigenvalue weighted by Crippen LogP contribution is 2.19. The first-order valence-electron chi connectivity index (χ1n) is 5.96. The summed E-state index contributed by atoms with van der Waals surface area (Å²) in [6, 6.07) is 10.3. The molecule has 0 aliphatic carbocycles. The van der Waals surface area contributed by atoms with Crippen LogP contribution < -0.4 is 5.32 Å². The summed E-state index contributed by atoms with van der Waals surface area (Å²) in [6.07, 6.45) is 3.51. The van der Waals surface area contributed by atoms with Crippen molar-refractivity contribution in [2.24, 2.45) is 0 Å². The average molecular weight is 290 g/mol. The second-order valence-electron chi connectivity index (χ2n) is 4.15. The molecule has 0 spiro atoms. The molecule has 2 heterocycles. The lowest BCUT2D eigenvalue weighted by Crippen LogP contribution is -2.12. The zero-order valence-corrected chi connectivity index (χ0v) is 11.7. The fourth-order valence-corrected chi connectivity index (χ4v) is 2.91. The smallest absolute Gasteiger partial charge is 0.113 e. The average Bonchev–Trinajstić information content (AvgIpc) is 2.85. The van der Waals surface area contributed by atoms with Gasteiger partial charge in [-0.05, 0) is 11.6 Å². The minimum Gasteiger partial charge on any atom is -0.306 e. The van der Waals surface area contributed by atoms with Crippen molar-refractivity contribution in [2.45, 2.75) is 13.1 Å². The summed E-state index contributed by atoms with van der Waals surface area (Å²) in [5, 5.41) is 5.54. The number of thiazole rings is 1. The fraction of sp³-hybridized carbons (Fsp3) is 0.143. The predicted molar refractivity (Wildman–Crippen MR) is 79.4 cm³/mol. The summed E-state index contributed by atoms with van der Waals surface area (Å²) in [5.41, 5.74) is 2.25. The Morgan fingerprint density at radius 3 is 2.84 bits per heavy atom. The maximum atomic E-state index is 5.85. The molecule has 0 saturated carbocycles. The van der Waals surface area contributed by atoms with E-state index in [0.717, 1.165) is 28.0 Å². The monoisotopic (exact) mass is 289 g/mol. The van der Waals surface area contributed by atoms with E-state index >= 15 is 0 Å². The Morgan fingerprint density at radius 1 is 1.11 bits per heavy atom. The lowest BCUT2D eigenvalue weighted by Gasteiger charge is -2.06. The largest absolute Gasteiger partial charge is 0.306 e. The number of hydrogen-bond acceptors (Lipinski definition) is 4. The van der Waals surface area contributed by atoms with Gasteiger partial charge >= 0.3 is 0 Å². The van der Waals surface area contributed by atoms with E-state index in [2.05, 4.69) is 39.6 Å². The van der Waals surface area contributed by atoms with Crippen molar-refractivity contribution in [3.63, 3.8) is 0 Å². The molecule has 96 valence electrons. The molecule has 3 rings (SSSR count). The summed E-state index contributed by atoms with van der Waals surface area (Å²) >= 11 is 7.36. The molecule has 5 heteroatoms. The first kappa shape index (κ1) is 12.5. The molecule has 2 aromatic heterocycles. The van der Waals surface area contributed by atoms with Gasteiger partial charge in [0.1, 0.15) is 9.34 Å². The van der Waals surface area contributed by atoms with Gasteiger partial charge in [0.25, 0.3) is 0 Å². The van der Waals surface area contributed by atoms with E-state index in [4.69, 9.17) is 11.6 Å². The standard InChI is InChI=1S/C14H12ClN3S/c15-12-8-18-13(19-12)9-16-7-11-4-1-3-10-5-2-6-17-14(10)11/h1-6,8,16H,7,9H2. The van der Waals surface area contributed by atoms with E-state index in [-0.39, 0.29) is 0 Å². The number of pyridine rings is 1. The first-order chi connectivity index (χ1) is 9.33. The Labute approximate surface area is 120 Å². The Balaban J connectivity index is 1.71. The quantitative estimate of drug-likeness (QED) is 0.797. The van der Waals surface area contributed by atoms with Crippen molar-refractivity contribution in [3.8, 4) is 0 Å². The molecule has 0 atom stereocenters. The van der Waals surface area contributed by atoms with Crippen molar-refractivity contribution in [3.05, 3.63) is 57.6 Å². The van der Waals surface area contributed by atoms with Crippen LogP contribution in [-0.2, 0) is 13.1 Å². The lowest BCUT2D eigenvalue weighted by atomic mass is 10.1. The molecule has 0 amide bonds. The molecular weight excluding hydrogens is 278 g/mol. The third-order valence-corrected chi connectivity index (χ3v) is 3.95. The Kier molecular flexibility index (Phi) is 3.73. The molecule has 0 bridgehead atoms. The van der Waals surface area contributed by atoms with Crippen LogP contribution in [0.1, 0.15) is 10.6 Å². The first-order valence-corrected chi connectivity index (χ1v) is 7.16. The van der Waals surface area contributed by atoms with Crippen LogP contribution in [0.15, 0.2) is 42.7 Å². The SMILES string of the molecule is Clc1cnc(CNCc2cccc3cccnc23)s1.